The van der Waals surface area contributed by atoms with Crippen molar-refractivity contribution in [1.29, 1.82) is 0 Å². The van der Waals surface area contributed by atoms with Gasteiger partial charge < -0.3 is 15.7 Å². The van der Waals surface area contributed by atoms with Gasteiger partial charge in [0.15, 0.2) is 23.3 Å². The first-order chi connectivity index (χ1) is 9.45. The van der Waals surface area contributed by atoms with Gasteiger partial charge in [-0.15, -0.1) is 0 Å². The molecule has 1 aromatic rings. The summed E-state index contributed by atoms with van der Waals surface area (Å²) in [6.07, 6.45) is 1.90. The van der Waals surface area contributed by atoms with E-state index in [4.69, 9.17) is 0 Å². The summed E-state index contributed by atoms with van der Waals surface area (Å²) >= 11 is 0. The minimum atomic E-state index is -0.917. The van der Waals surface area contributed by atoms with Crippen LogP contribution in [-0.4, -0.2) is 28.8 Å². The number of hydrogen-bond donors (Lipinski definition) is 3. The molecule has 3 N–H and O–H groups in total. The van der Waals surface area contributed by atoms with E-state index in [0.29, 0.717) is 19.4 Å². The molecule has 0 radical (unpaired) electrons. The van der Waals surface area contributed by atoms with Crippen molar-refractivity contribution in [3.8, 4) is 0 Å². The van der Waals surface area contributed by atoms with E-state index < -0.39 is 17.2 Å². The zero-order chi connectivity index (χ0) is 15.2. The molecule has 4 nitrogen and oxygen atoms in total. The number of anilines is 2. The smallest absolute Gasteiger partial charge is 0.168 e. The number of aliphatic hydroxyl groups is 1. The first kappa shape index (κ1) is 16.6. The van der Waals surface area contributed by atoms with Crippen molar-refractivity contribution in [2.24, 2.45) is 0 Å². The van der Waals surface area contributed by atoms with E-state index in [1.165, 1.54) is 0 Å². The summed E-state index contributed by atoms with van der Waals surface area (Å²) < 4.78 is 27.2. The predicted octanol–water partition coefficient (Wildman–Crippen LogP) is 3.14. The standard InChI is InChI=1S/C14H23F2N3O/c1-4-7-17-12-10(15)8-11(16)13(19-12)18-9-14(20,5-2)6-3/h8,20H,4-7,9H2,1-3H3,(H2,17,18,19). The molecule has 20 heavy (non-hydrogen) atoms. The number of nitrogens with zero attached hydrogens (tertiary/aromatic N) is 1. The first-order valence-electron chi connectivity index (χ1n) is 7.02. The number of rotatable bonds is 8. The molecule has 1 rings (SSSR count). The summed E-state index contributed by atoms with van der Waals surface area (Å²) in [6.45, 7) is 6.38. The van der Waals surface area contributed by atoms with Crippen LogP contribution in [0.4, 0.5) is 20.4 Å². The monoisotopic (exact) mass is 287 g/mol. The van der Waals surface area contributed by atoms with Crippen LogP contribution in [0.5, 0.6) is 0 Å². The molecule has 0 unspecified atom stereocenters. The van der Waals surface area contributed by atoms with Crippen LogP contribution >= 0.6 is 0 Å². The fourth-order valence-corrected chi connectivity index (χ4v) is 1.71. The van der Waals surface area contributed by atoms with E-state index in [1.807, 2.05) is 20.8 Å². The molecule has 0 bridgehead atoms. The molecular weight excluding hydrogens is 264 g/mol. The number of pyridine rings is 1. The minimum Gasteiger partial charge on any atom is -0.388 e. The average Bonchev–Trinajstić information content (AvgIpc) is 2.45. The highest BCUT2D eigenvalue weighted by Crippen LogP contribution is 2.21. The third-order valence-corrected chi connectivity index (χ3v) is 3.37. The summed E-state index contributed by atoms with van der Waals surface area (Å²) in [4.78, 5) is 3.90. The zero-order valence-electron chi connectivity index (χ0n) is 12.3. The van der Waals surface area contributed by atoms with Crippen LogP contribution in [0.2, 0.25) is 0 Å². The highest BCUT2D eigenvalue weighted by atomic mass is 19.1. The zero-order valence-corrected chi connectivity index (χ0v) is 12.3. The quantitative estimate of drug-likeness (QED) is 0.687. The van der Waals surface area contributed by atoms with Crippen molar-refractivity contribution in [2.75, 3.05) is 23.7 Å². The van der Waals surface area contributed by atoms with Gasteiger partial charge >= 0.3 is 0 Å². The van der Waals surface area contributed by atoms with Crippen molar-refractivity contribution in [3.63, 3.8) is 0 Å². The van der Waals surface area contributed by atoms with Crippen LogP contribution in [0.15, 0.2) is 6.07 Å². The van der Waals surface area contributed by atoms with Crippen LogP contribution in [-0.2, 0) is 0 Å². The molecule has 1 heterocycles. The summed E-state index contributed by atoms with van der Waals surface area (Å²) in [5, 5.41) is 15.7. The lowest BCUT2D eigenvalue weighted by Crippen LogP contribution is -2.35. The van der Waals surface area contributed by atoms with Crippen LogP contribution in [0.25, 0.3) is 0 Å². The Bertz CT molecular complexity index is 437. The van der Waals surface area contributed by atoms with Crippen LogP contribution in [0.3, 0.4) is 0 Å². The molecule has 0 aliphatic carbocycles. The van der Waals surface area contributed by atoms with E-state index in [2.05, 4.69) is 15.6 Å². The third kappa shape index (κ3) is 4.30. The molecule has 0 saturated heterocycles. The Morgan fingerprint density at radius 2 is 1.65 bits per heavy atom. The summed E-state index contributed by atoms with van der Waals surface area (Å²) in [6, 6.07) is 0.796. The highest BCUT2D eigenvalue weighted by molar-refractivity contribution is 5.47. The maximum absolute atomic E-state index is 13.7. The van der Waals surface area contributed by atoms with Crippen molar-refractivity contribution < 1.29 is 13.9 Å². The predicted molar refractivity (Wildman–Crippen MR) is 77.0 cm³/mol. The topological polar surface area (TPSA) is 57.2 Å². The molecular formula is C14H23F2N3O. The number of nitrogens with one attached hydrogen (secondary N) is 2. The Kier molecular flexibility index (Phi) is 6.13. The van der Waals surface area contributed by atoms with Gasteiger partial charge in [-0.3, -0.25) is 0 Å². The largest absolute Gasteiger partial charge is 0.388 e. The van der Waals surface area contributed by atoms with E-state index in [9.17, 15) is 13.9 Å². The lowest BCUT2D eigenvalue weighted by Gasteiger charge is -2.25. The van der Waals surface area contributed by atoms with Crippen molar-refractivity contribution in [1.82, 2.24) is 4.98 Å². The van der Waals surface area contributed by atoms with Crippen LogP contribution in [0.1, 0.15) is 40.0 Å². The molecule has 114 valence electrons. The second-order valence-electron chi connectivity index (χ2n) is 4.86. The van der Waals surface area contributed by atoms with E-state index in [0.717, 1.165) is 12.5 Å². The van der Waals surface area contributed by atoms with Gasteiger partial charge in [-0.1, -0.05) is 20.8 Å². The Morgan fingerprint density at radius 3 is 2.15 bits per heavy atom. The Hall–Kier alpha value is -1.43. The van der Waals surface area contributed by atoms with Gasteiger partial charge in [-0.05, 0) is 19.3 Å². The molecule has 0 saturated carbocycles. The average molecular weight is 287 g/mol. The molecule has 0 amide bonds. The van der Waals surface area contributed by atoms with Gasteiger partial charge in [-0.2, -0.15) is 0 Å². The van der Waals surface area contributed by atoms with Crippen molar-refractivity contribution >= 4 is 11.6 Å². The summed E-state index contributed by atoms with van der Waals surface area (Å²) in [7, 11) is 0. The number of aromatic nitrogens is 1. The van der Waals surface area contributed by atoms with Gasteiger partial charge in [0.2, 0.25) is 0 Å². The summed E-state index contributed by atoms with van der Waals surface area (Å²) in [5.41, 5.74) is -0.917. The fourth-order valence-electron chi connectivity index (χ4n) is 1.71. The van der Waals surface area contributed by atoms with Gasteiger partial charge in [0.25, 0.3) is 0 Å². The van der Waals surface area contributed by atoms with Crippen LogP contribution < -0.4 is 10.6 Å². The molecule has 6 heteroatoms. The molecule has 0 aliphatic rings. The Labute approximate surface area is 118 Å². The van der Waals surface area contributed by atoms with E-state index in [1.54, 1.807) is 0 Å². The molecule has 0 aromatic carbocycles. The highest BCUT2D eigenvalue weighted by Gasteiger charge is 2.23. The Morgan fingerprint density at radius 1 is 1.10 bits per heavy atom. The SMILES string of the molecule is CCCNc1nc(NCC(O)(CC)CC)c(F)cc1F. The van der Waals surface area contributed by atoms with E-state index in [-0.39, 0.29) is 18.2 Å². The van der Waals surface area contributed by atoms with Crippen molar-refractivity contribution in [3.05, 3.63) is 17.7 Å². The second-order valence-corrected chi connectivity index (χ2v) is 4.86. The first-order valence-corrected chi connectivity index (χ1v) is 7.02. The minimum absolute atomic E-state index is 0.0206. The maximum atomic E-state index is 13.7. The molecule has 1 aromatic heterocycles. The number of hydrogen-bond acceptors (Lipinski definition) is 4. The molecule has 0 aliphatic heterocycles. The summed E-state index contributed by atoms with van der Waals surface area (Å²) in [5.74, 6) is -1.51. The Balaban J connectivity index is 2.84. The lowest BCUT2D eigenvalue weighted by atomic mass is 9.98. The second kappa shape index (κ2) is 7.38. The van der Waals surface area contributed by atoms with E-state index >= 15 is 0 Å². The van der Waals surface area contributed by atoms with Gasteiger partial charge in [0.05, 0.1) is 5.60 Å². The number of halogens is 2. The normalized spacial score (nSPS) is 11.5. The fraction of sp³-hybridized carbons (Fsp3) is 0.643. The molecule has 0 atom stereocenters. The van der Waals surface area contributed by atoms with Gasteiger partial charge in [-0.25, -0.2) is 13.8 Å². The van der Waals surface area contributed by atoms with Gasteiger partial charge in [0.1, 0.15) is 0 Å². The van der Waals surface area contributed by atoms with Gasteiger partial charge in [0, 0.05) is 19.2 Å². The van der Waals surface area contributed by atoms with Crippen LogP contribution in [0, 0.1) is 11.6 Å². The van der Waals surface area contributed by atoms with Crippen molar-refractivity contribution in [2.45, 2.75) is 45.6 Å². The molecule has 0 spiro atoms. The lowest BCUT2D eigenvalue weighted by molar-refractivity contribution is 0.0455. The molecule has 0 fully saturated rings. The third-order valence-electron chi connectivity index (χ3n) is 3.37. The maximum Gasteiger partial charge on any atom is 0.168 e.